The molecule has 0 saturated carbocycles. The Labute approximate surface area is 148 Å². The van der Waals surface area contributed by atoms with Gasteiger partial charge in [0.15, 0.2) is 0 Å². The molecular formula is C18H15F3N4O. The van der Waals surface area contributed by atoms with Gasteiger partial charge in [-0.2, -0.15) is 13.2 Å². The lowest BCUT2D eigenvalue weighted by Gasteiger charge is -2.27. The number of nitrogens with zero attached hydrogens (tertiary/aromatic N) is 3. The molecule has 5 nitrogen and oxygen atoms in total. The summed E-state index contributed by atoms with van der Waals surface area (Å²) in [5.74, 6) is 0.216. The molecule has 1 aromatic heterocycles. The summed E-state index contributed by atoms with van der Waals surface area (Å²) in [6.07, 6.45) is 5.37. The maximum Gasteiger partial charge on any atom is 0.433 e. The van der Waals surface area contributed by atoms with Gasteiger partial charge >= 0.3 is 6.18 Å². The molecule has 0 radical (unpaired) electrons. The fraction of sp³-hybridized carbons (Fsp3) is 0.111. The van der Waals surface area contributed by atoms with E-state index in [0.29, 0.717) is 17.8 Å². The Balaban J connectivity index is 1.82. The molecule has 26 heavy (non-hydrogen) atoms. The van der Waals surface area contributed by atoms with Crippen molar-refractivity contribution in [1.29, 1.82) is 0 Å². The van der Waals surface area contributed by atoms with Gasteiger partial charge in [-0.3, -0.25) is 5.01 Å². The summed E-state index contributed by atoms with van der Waals surface area (Å²) in [6.45, 7) is 8.20. The van der Waals surface area contributed by atoms with Crippen molar-refractivity contribution in [3.63, 3.8) is 0 Å². The smallest absolute Gasteiger partial charge is 0.433 e. The van der Waals surface area contributed by atoms with Crippen LogP contribution in [0.1, 0.15) is 5.69 Å². The van der Waals surface area contributed by atoms with E-state index >= 15 is 0 Å². The Morgan fingerprint density at radius 3 is 2.85 bits per heavy atom. The molecule has 2 aliphatic heterocycles. The molecule has 1 aromatic rings. The number of halogens is 3. The van der Waals surface area contributed by atoms with Crippen molar-refractivity contribution < 1.29 is 17.9 Å². The van der Waals surface area contributed by atoms with Crippen LogP contribution in [-0.4, -0.2) is 22.4 Å². The van der Waals surface area contributed by atoms with E-state index in [4.69, 9.17) is 4.74 Å². The number of ether oxygens (including phenoxy) is 1. The second-order valence-electron chi connectivity index (χ2n) is 5.31. The highest BCUT2D eigenvalue weighted by molar-refractivity contribution is 5.99. The third-order valence-corrected chi connectivity index (χ3v) is 3.60. The van der Waals surface area contributed by atoms with Crippen LogP contribution in [-0.2, 0) is 6.18 Å². The molecule has 0 aliphatic carbocycles. The minimum atomic E-state index is -4.51. The zero-order chi connectivity index (χ0) is 18.7. The number of allylic oxidation sites excluding steroid dienone is 3. The number of alkyl halides is 3. The average molecular weight is 360 g/mol. The Morgan fingerprint density at radius 1 is 1.38 bits per heavy atom. The first-order valence-corrected chi connectivity index (χ1v) is 7.62. The quantitative estimate of drug-likeness (QED) is 0.657. The van der Waals surface area contributed by atoms with Crippen LogP contribution in [0.5, 0.6) is 5.75 Å². The summed E-state index contributed by atoms with van der Waals surface area (Å²) in [5.41, 5.74) is 4.26. The third kappa shape index (κ3) is 3.60. The number of rotatable bonds is 4. The lowest BCUT2D eigenvalue weighted by Crippen LogP contribution is -2.34. The molecule has 3 rings (SSSR count). The number of pyridine rings is 1. The molecule has 3 heterocycles. The summed E-state index contributed by atoms with van der Waals surface area (Å²) in [5, 5.41) is 1.83. The van der Waals surface area contributed by atoms with E-state index < -0.39 is 11.9 Å². The Kier molecular flexibility index (Phi) is 4.77. The summed E-state index contributed by atoms with van der Waals surface area (Å²) in [6, 6.07) is 2.02. The normalized spacial score (nSPS) is 16.7. The van der Waals surface area contributed by atoms with E-state index in [1.165, 1.54) is 12.3 Å². The SMILES string of the molecule is C=CN=C(Oc1ccc(C(F)(F)F)nc1)C(=C)C1=CC=CC2=CCNN21. The number of nitrogens with one attached hydrogen (secondary N) is 1. The first-order chi connectivity index (χ1) is 12.4. The first kappa shape index (κ1) is 17.7. The zero-order valence-electron chi connectivity index (χ0n) is 13.6. The molecule has 134 valence electrons. The number of hydrazine groups is 1. The Hall–Kier alpha value is -3.13. The van der Waals surface area contributed by atoms with Gasteiger partial charge in [0.2, 0.25) is 5.90 Å². The number of aromatic nitrogens is 1. The van der Waals surface area contributed by atoms with Crippen molar-refractivity contribution in [3.8, 4) is 5.75 Å². The van der Waals surface area contributed by atoms with Gasteiger partial charge in [0, 0.05) is 12.7 Å². The second kappa shape index (κ2) is 7.01. The summed E-state index contributed by atoms with van der Waals surface area (Å²) in [4.78, 5) is 7.42. The molecular weight excluding hydrogens is 345 g/mol. The molecule has 0 unspecified atom stereocenters. The van der Waals surface area contributed by atoms with Crippen LogP contribution in [0.4, 0.5) is 13.2 Å². The standard InChI is InChI=1S/C18H15F3N4O/c1-3-22-17(26-14-7-8-16(23-11-14)18(19,20)21)12(2)15-6-4-5-13-9-10-24-25(13)15/h3-9,11,24H,1-2,10H2. The van der Waals surface area contributed by atoms with E-state index in [0.717, 1.165) is 18.0 Å². The van der Waals surface area contributed by atoms with Crippen molar-refractivity contribution in [2.45, 2.75) is 6.18 Å². The van der Waals surface area contributed by atoms with Crippen LogP contribution in [0.15, 0.2) is 84.0 Å². The van der Waals surface area contributed by atoms with E-state index in [2.05, 4.69) is 28.6 Å². The van der Waals surface area contributed by atoms with Crippen LogP contribution < -0.4 is 10.2 Å². The average Bonchev–Trinajstić information content (AvgIpc) is 3.09. The van der Waals surface area contributed by atoms with Crippen LogP contribution in [0, 0.1) is 0 Å². The van der Waals surface area contributed by atoms with Crippen molar-refractivity contribution in [1.82, 2.24) is 15.4 Å². The van der Waals surface area contributed by atoms with E-state index in [1.54, 1.807) is 0 Å². The van der Waals surface area contributed by atoms with Gasteiger partial charge in [0.25, 0.3) is 0 Å². The minimum absolute atomic E-state index is 0.108. The lowest BCUT2D eigenvalue weighted by molar-refractivity contribution is -0.141. The van der Waals surface area contributed by atoms with Crippen molar-refractivity contribution in [2.24, 2.45) is 4.99 Å². The van der Waals surface area contributed by atoms with Crippen molar-refractivity contribution in [3.05, 3.63) is 84.7 Å². The summed E-state index contributed by atoms with van der Waals surface area (Å²) >= 11 is 0. The van der Waals surface area contributed by atoms with Crippen molar-refractivity contribution >= 4 is 5.90 Å². The van der Waals surface area contributed by atoms with E-state index in [1.807, 2.05) is 29.3 Å². The minimum Gasteiger partial charge on any atom is -0.437 e. The van der Waals surface area contributed by atoms with Crippen molar-refractivity contribution in [2.75, 3.05) is 6.54 Å². The number of fused-ring (bicyclic) bond motifs is 1. The maximum atomic E-state index is 12.6. The van der Waals surface area contributed by atoms with Gasteiger partial charge in [0.1, 0.15) is 11.4 Å². The molecule has 0 atom stereocenters. The second-order valence-corrected chi connectivity index (χ2v) is 5.31. The molecule has 0 fully saturated rings. The van der Waals surface area contributed by atoms with Gasteiger partial charge in [0.05, 0.1) is 23.2 Å². The van der Waals surface area contributed by atoms with Gasteiger partial charge in [-0.15, -0.1) is 0 Å². The Morgan fingerprint density at radius 2 is 2.19 bits per heavy atom. The maximum absolute atomic E-state index is 12.6. The van der Waals surface area contributed by atoms with E-state index in [9.17, 15) is 13.2 Å². The highest BCUT2D eigenvalue weighted by atomic mass is 19.4. The van der Waals surface area contributed by atoms with Crippen LogP contribution >= 0.6 is 0 Å². The molecule has 0 amide bonds. The fourth-order valence-corrected chi connectivity index (χ4v) is 2.42. The molecule has 1 N–H and O–H groups in total. The molecule has 2 aliphatic rings. The highest BCUT2D eigenvalue weighted by Crippen LogP contribution is 2.29. The number of aliphatic imine (C=N–C) groups is 1. The number of hydrogen-bond acceptors (Lipinski definition) is 5. The van der Waals surface area contributed by atoms with Crippen LogP contribution in [0.3, 0.4) is 0 Å². The number of hydrogen-bond donors (Lipinski definition) is 1. The van der Waals surface area contributed by atoms with Gasteiger partial charge in [-0.25, -0.2) is 15.4 Å². The van der Waals surface area contributed by atoms with Gasteiger partial charge in [-0.1, -0.05) is 19.2 Å². The van der Waals surface area contributed by atoms with E-state index in [-0.39, 0.29) is 11.6 Å². The largest absolute Gasteiger partial charge is 0.437 e. The molecule has 8 heteroatoms. The first-order valence-electron chi connectivity index (χ1n) is 7.62. The summed E-state index contributed by atoms with van der Waals surface area (Å²) < 4.78 is 43.4. The molecule has 0 spiro atoms. The van der Waals surface area contributed by atoms with Gasteiger partial charge < -0.3 is 4.74 Å². The van der Waals surface area contributed by atoms with Crippen LogP contribution in [0.25, 0.3) is 0 Å². The predicted octanol–water partition coefficient (Wildman–Crippen LogP) is 3.74. The summed E-state index contributed by atoms with van der Waals surface area (Å²) in [7, 11) is 0. The predicted molar refractivity (Wildman–Crippen MR) is 91.8 cm³/mol. The zero-order valence-corrected chi connectivity index (χ0v) is 13.6. The third-order valence-electron chi connectivity index (χ3n) is 3.60. The molecule has 0 saturated heterocycles. The fourth-order valence-electron chi connectivity index (χ4n) is 2.42. The van der Waals surface area contributed by atoms with Crippen LogP contribution in [0.2, 0.25) is 0 Å². The Bertz CT molecular complexity index is 848. The van der Waals surface area contributed by atoms with Gasteiger partial charge in [-0.05, 0) is 30.4 Å². The highest BCUT2D eigenvalue weighted by Gasteiger charge is 2.32. The molecule has 0 aromatic carbocycles. The lowest BCUT2D eigenvalue weighted by atomic mass is 10.1. The monoisotopic (exact) mass is 360 g/mol. The molecule has 0 bridgehead atoms. The topological polar surface area (TPSA) is 49.8 Å².